The van der Waals surface area contributed by atoms with E-state index in [4.69, 9.17) is 9.47 Å². The molecule has 0 radical (unpaired) electrons. The second-order valence-corrected chi connectivity index (χ2v) is 11.9. The fraction of sp³-hybridized carbons (Fsp3) is 0.629. The second-order valence-electron chi connectivity index (χ2n) is 11.9. The standard InChI is InChI=1S/C35H49NO2/c1-3-5-7-8-9-11-28-25-37-34(38-26-28)33-18-16-30(17-19-33)29-12-14-31(15-13-29)32-20-23-35(27-36,24-21-32)22-10-6-4-2/h12-19,28,32,34H,3-11,20-26H2,1-2H3. The predicted octanol–water partition coefficient (Wildman–Crippen LogP) is 10.1. The second kappa shape index (κ2) is 14.9. The van der Waals surface area contributed by atoms with Crippen molar-refractivity contribution in [3.63, 3.8) is 0 Å². The lowest BCUT2D eigenvalue weighted by Crippen LogP contribution is -2.27. The molecule has 2 aromatic carbocycles. The van der Waals surface area contributed by atoms with Crippen LogP contribution < -0.4 is 0 Å². The van der Waals surface area contributed by atoms with Crippen molar-refractivity contribution in [2.75, 3.05) is 13.2 Å². The van der Waals surface area contributed by atoms with Gasteiger partial charge in [-0.15, -0.1) is 0 Å². The van der Waals surface area contributed by atoms with Crippen LogP contribution in [0.3, 0.4) is 0 Å². The van der Waals surface area contributed by atoms with Crippen LogP contribution in [0.1, 0.15) is 127 Å². The summed E-state index contributed by atoms with van der Waals surface area (Å²) in [6.45, 7) is 6.10. The van der Waals surface area contributed by atoms with Crippen LogP contribution in [0.4, 0.5) is 0 Å². The first-order valence-electron chi connectivity index (χ1n) is 15.5. The average Bonchev–Trinajstić information content (AvgIpc) is 2.98. The molecule has 3 nitrogen and oxygen atoms in total. The third-order valence-corrected chi connectivity index (χ3v) is 9.02. The Morgan fingerprint density at radius 2 is 1.29 bits per heavy atom. The Morgan fingerprint density at radius 1 is 0.737 bits per heavy atom. The van der Waals surface area contributed by atoms with Gasteiger partial charge in [0.1, 0.15) is 0 Å². The van der Waals surface area contributed by atoms with Gasteiger partial charge in [-0.1, -0.05) is 114 Å². The van der Waals surface area contributed by atoms with E-state index >= 15 is 0 Å². The predicted molar refractivity (Wildman–Crippen MR) is 157 cm³/mol. The highest BCUT2D eigenvalue weighted by Gasteiger charge is 2.35. The SMILES string of the molecule is CCCCCCCC1COC(c2ccc(-c3ccc(C4CCC(C#N)(CCCCC)CC4)cc3)cc2)OC1. The lowest BCUT2D eigenvalue weighted by molar-refractivity contribution is -0.206. The smallest absolute Gasteiger partial charge is 0.183 e. The van der Waals surface area contributed by atoms with Gasteiger partial charge in [0.15, 0.2) is 6.29 Å². The molecule has 38 heavy (non-hydrogen) atoms. The Labute approximate surface area is 231 Å². The van der Waals surface area contributed by atoms with Crippen molar-refractivity contribution in [1.82, 2.24) is 0 Å². The summed E-state index contributed by atoms with van der Waals surface area (Å²) >= 11 is 0. The van der Waals surface area contributed by atoms with Crippen molar-refractivity contribution in [2.24, 2.45) is 11.3 Å². The van der Waals surface area contributed by atoms with Gasteiger partial charge in [0, 0.05) is 11.5 Å². The van der Waals surface area contributed by atoms with Crippen LogP contribution in [-0.4, -0.2) is 13.2 Å². The fourth-order valence-corrected chi connectivity index (χ4v) is 6.35. The first-order valence-corrected chi connectivity index (χ1v) is 15.5. The van der Waals surface area contributed by atoms with Gasteiger partial charge in [-0.25, -0.2) is 0 Å². The molecule has 0 aromatic heterocycles. The molecule has 0 N–H and O–H groups in total. The normalized spacial score (nSPS) is 25.7. The largest absolute Gasteiger partial charge is 0.348 e. The van der Waals surface area contributed by atoms with E-state index in [2.05, 4.69) is 68.4 Å². The zero-order valence-electron chi connectivity index (χ0n) is 23.9. The molecule has 0 atom stereocenters. The number of ether oxygens (including phenoxy) is 2. The zero-order valence-corrected chi connectivity index (χ0v) is 23.9. The number of hydrogen-bond donors (Lipinski definition) is 0. The van der Waals surface area contributed by atoms with Crippen LogP contribution in [0.5, 0.6) is 0 Å². The molecule has 2 aliphatic rings. The maximum absolute atomic E-state index is 9.86. The van der Waals surface area contributed by atoms with Crippen molar-refractivity contribution in [3.05, 3.63) is 59.7 Å². The highest BCUT2D eigenvalue weighted by Crippen LogP contribution is 2.46. The maximum Gasteiger partial charge on any atom is 0.183 e. The Bertz CT molecular complexity index is 974. The van der Waals surface area contributed by atoms with E-state index < -0.39 is 0 Å². The van der Waals surface area contributed by atoms with Crippen molar-refractivity contribution in [1.29, 1.82) is 5.26 Å². The molecular weight excluding hydrogens is 466 g/mol. The Hall–Kier alpha value is -2.15. The summed E-state index contributed by atoms with van der Waals surface area (Å²) in [5.74, 6) is 1.12. The number of hydrogen-bond acceptors (Lipinski definition) is 3. The van der Waals surface area contributed by atoms with Gasteiger partial charge >= 0.3 is 0 Å². The topological polar surface area (TPSA) is 42.2 Å². The van der Waals surface area contributed by atoms with E-state index in [-0.39, 0.29) is 11.7 Å². The molecular formula is C35H49NO2. The van der Waals surface area contributed by atoms with Gasteiger partial charge in [-0.05, 0) is 61.1 Å². The fourth-order valence-electron chi connectivity index (χ4n) is 6.35. The minimum absolute atomic E-state index is 0.0751. The first kappa shape index (κ1) is 28.8. The van der Waals surface area contributed by atoms with Crippen LogP contribution >= 0.6 is 0 Å². The van der Waals surface area contributed by atoms with E-state index in [0.717, 1.165) is 50.9 Å². The van der Waals surface area contributed by atoms with Crippen LogP contribution in [0.15, 0.2) is 48.5 Å². The van der Waals surface area contributed by atoms with E-state index in [9.17, 15) is 5.26 Å². The monoisotopic (exact) mass is 515 g/mol. The molecule has 206 valence electrons. The summed E-state index contributed by atoms with van der Waals surface area (Å²) < 4.78 is 12.2. The molecule has 2 aromatic rings. The quantitative estimate of drug-likeness (QED) is 0.249. The van der Waals surface area contributed by atoms with Crippen LogP contribution in [0.25, 0.3) is 11.1 Å². The van der Waals surface area contributed by atoms with Gasteiger partial charge in [0.25, 0.3) is 0 Å². The van der Waals surface area contributed by atoms with E-state index in [1.54, 1.807) is 0 Å². The van der Waals surface area contributed by atoms with Gasteiger partial charge in [-0.2, -0.15) is 5.26 Å². The van der Waals surface area contributed by atoms with E-state index in [1.807, 2.05) is 0 Å². The molecule has 4 rings (SSSR count). The lowest BCUT2D eigenvalue weighted by atomic mass is 9.67. The third-order valence-electron chi connectivity index (χ3n) is 9.02. The summed E-state index contributed by atoms with van der Waals surface area (Å²) in [6.07, 6.45) is 16.7. The molecule has 2 fully saturated rings. The molecule has 0 unspecified atom stereocenters. The minimum atomic E-state index is -0.239. The molecule has 0 bridgehead atoms. The average molecular weight is 516 g/mol. The summed E-state index contributed by atoms with van der Waals surface area (Å²) in [7, 11) is 0. The van der Waals surface area contributed by atoms with Crippen molar-refractivity contribution in [2.45, 2.75) is 116 Å². The van der Waals surface area contributed by atoms with Crippen molar-refractivity contribution >= 4 is 0 Å². The Kier molecular flexibility index (Phi) is 11.3. The van der Waals surface area contributed by atoms with Gasteiger partial charge < -0.3 is 9.47 Å². The molecule has 1 heterocycles. The number of rotatable bonds is 13. The van der Waals surface area contributed by atoms with E-state index in [0.29, 0.717) is 11.8 Å². The molecule has 1 aliphatic heterocycles. The van der Waals surface area contributed by atoms with Crippen LogP contribution in [0.2, 0.25) is 0 Å². The van der Waals surface area contributed by atoms with Gasteiger partial charge in [0.05, 0.1) is 24.7 Å². The summed E-state index contributed by atoms with van der Waals surface area (Å²) in [6, 6.07) is 20.5. The van der Waals surface area contributed by atoms with Crippen molar-refractivity contribution < 1.29 is 9.47 Å². The van der Waals surface area contributed by atoms with Crippen molar-refractivity contribution in [3.8, 4) is 17.2 Å². The number of nitrogens with zero attached hydrogens (tertiary/aromatic N) is 1. The highest BCUT2D eigenvalue weighted by molar-refractivity contribution is 5.64. The molecule has 0 amide bonds. The maximum atomic E-state index is 9.86. The molecule has 1 aliphatic carbocycles. The van der Waals surface area contributed by atoms with Crippen LogP contribution in [0, 0.1) is 22.7 Å². The summed E-state index contributed by atoms with van der Waals surface area (Å²) in [4.78, 5) is 0. The van der Waals surface area contributed by atoms with Gasteiger partial charge in [0.2, 0.25) is 0 Å². The third kappa shape index (κ3) is 7.93. The highest BCUT2D eigenvalue weighted by atomic mass is 16.7. The Morgan fingerprint density at radius 3 is 1.87 bits per heavy atom. The molecule has 1 saturated carbocycles. The molecule has 1 saturated heterocycles. The molecule has 0 spiro atoms. The summed E-state index contributed by atoms with van der Waals surface area (Å²) in [5, 5.41) is 9.86. The zero-order chi connectivity index (χ0) is 26.6. The number of unbranched alkanes of at least 4 members (excludes halogenated alkanes) is 6. The van der Waals surface area contributed by atoms with Crippen LogP contribution in [-0.2, 0) is 9.47 Å². The lowest BCUT2D eigenvalue weighted by Gasteiger charge is -2.35. The minimum Gasteiger partial charge on any atom is -0.348 e. The summed E-state index contributed by atoms with van der Waals surface area (Å²) in [5.41, 5.74) is 4.93. The van der Waals surface area contributed by atoms with Gasteiger partial charge in [-0.3, -0.25) is 0 Å². The first-order chi connectivity index (χ1) is 18.7. The Balaban J connectivity index is 1.24. The number of benzene rings is 2. The number of nitriles is 1. The van der Waals surface area contributed by atoms with E-state index in [1.165, 1.54) is 74.5 Å². The molecule has 3 heteroatoms.